The third kappa shape index (κ3) is 5.08. The van der Waals surface area contributed by atoms with Gasteiger partial charge in [-0.1, -0.05) is 41.9 Å². The average molecular weight is 375 g/mol. The third-order valence-electron chi connectivity index (χ3n) is 3.69. The summed E-state index contributed by atoms with van der Waals surface area (Å²) in [5, 5.41) is 7.25. The van der Waals surface area contributed by atoms with E-state index in [0.717, 1.165) is 14.8 Å². The minimum Gasteiger partial charge on any atom is -0.334 e. The van der Waals surface area contributed by atoms with Gasteiger partial charge in [0.1, 0.15) is 0 Å². The van der Waals surface area contributed by atoms with E-state index >= 15 is 0 Å². The van der Waals surface area contributed by atoms with E-state index in [1.807, 2.05) is 41.2 Å². The number of nitrogens with one attached hydrogen (secondary N) is 1. The summed E-state index contributed by atoms with van der Waals surface area (Å²) in [6, 6.07) is 13.8. The normalized spacial score (nSPS) is 10.6. The molecule has 0 spiro atoms. The van der Waals surface area contributed by atoms with Gasteiger partial charge in [0, 0.05) is 30.2 Å². The summed E-state index contributed by atoms with van der Waals surface area (Å²) in [6.07, 6.45) is 3.73. The lowest BCUT2D eigenvalue weighted by Gasteiger charge is -2.16. The van der Waals surface area contributed by atoms with Crippen molar-refractivity contribution < 1.29 is 4.79 Å². The van der Waals surface area contributed by atoms with Crippen LogP contribution >= 0.6 is 22.9 Å². The summed E-state index contributed by atoms with van der Waals surface area (Å²) >= 11 is 7.40. The van der Waals surface area contributed by atoms with Crippen LogP contribution in [-0.4, -0.2) is 27.8 Å². The van der Waals surface area contributed by atoms with Gasteiger partial charge in [0.05, 0.1) is 23.6 Å². The zero-order valence-electron chi connectivity index (χ0n) is 13.9. The molecule has 2 heterocycles. The first-order chi connectivity index (χ1) is 12.1. The number of halogens is 1. The molecule has 5 nitrogen and oxygen atoms in total. The molecule has 25 heavy (non-hydrogen) atoms. The Labute approximate surface area is 155 Å². The number of carbonyl (C=O) groups is 1. The fraction of sp³-hybridized carbons (Fsp3) is 0.222. The molecule has 0 radical (unpaired) electrons. The Kier molecular flexibility index (Phi) is 5.73. The van der Waals surface area contributed by atoms with Gasteiger partial charge in [0.2, 0.25) is 0 Å². The van der Waals surface area contributed by atoms with Gasteiger partial charge < -0.3 is 10.2 Å². The highest BCUT2D eigenvalue weighted by Crippen LogP contribution is 2.22. The van der Waals surface area contributed by atoms with Crippen LogP contribution in [0, 0.1) is 0 Å². The highest BCUT2D eigenvalue weighted by Gasteiger charge is 2.10. The van der Waals surface area contributed by atoms with E-state index in [1.54, 1.807) is 18.1 Å². The van der Waals surface area contributed by atoms with Crippen LogP contribution in [0.4, 0.5) is 4.79 Å². The summed E-state index contributed by atoms with van der Waals surface area (Å²) in [7, 11) is 1.77. The molecule has 0 aliphatic heterocycles. The van der Waals surface area contributed by atoms with Crippen molar-refractivity contribution in [2.24, 2.45) is 0 Å². The number of rotatable bonds is 6. The van der Waals surface area contributed by atoms with Crippen LogP contribution in [0.3, 0.4) is 0 Å². The van der Waals surface area contributed by atoms with Crippen LogP contribution in [0.1, 0.15) is 16.0 Å². The second-order valence-corrected chi connectivity index (χ2v) is 7.55. The Hall–Kier alpha value is -2.31. The van der Waals surface area contributed by atoms with Crippen LogP contribution in [0.5, 0.6) is 0 Å². The van der Waals surface area contributed by atoms with Gasteiger partial charge >= 0.3 is 6.03 Å². The second kappa shape index (κ2) is 8.18. The van der Waals surface area contributed by atoms with E-state index in [1.165, 1.54) is 16.9 Å². The molecule has 0 aliphatic carbocycles. The van der Waals surface area contributed by atoms with Crippen LogP contribution in [0.25, 0.3) is 0 Å². The molecule has 0 saturated heterocycles. The van der Waals surface area contributed by atoms with E-state index in [-0.39, 0.29) is 6.03 Å². The molecule has 7 heteroatoms. The first kappa shape index (κ1) is 17.5. The Morgan fingerprint density at radius 3 is 2.76 bits per heavy atom. The molecule has 0 fully saturated rings. The molecule has 3 rings (SSSR count). The number of hydrogen-bond donors (Lipinski definition) is 1. The molecule has 2 aromatic heterocycles. The van der Waals surface area contributed by atoms with Crippen molar-refractivity contribution in [2.75, 3.05) is 7.05 Å². The van der Waals surface area contributed by atoms with Gasteiger partial charge in [-0.15, -0.1) is 11.3 Å². The quantitative estimate of drug-likeness (QED) is 0.709. The minimum absolute atomic E-state index is 0.125. The van der Waals surface area contributed by atoms with E-state index < -0.39 is 0 Å². The van der Waals surface area contributed by atoms with E-state index in [0.29, 0.717) is 19.6 Å². The smallest absolute Gasteiger partial charge is 0.317 e. The lowest BCUT2D eigenvalue weighted by molar-refractivity contribution is 0.207. The number of thiophene rings is 1. The molecule has 130 valence electrons. The average Bonchev–Trinajstić information content (AvgIpc) is 3.22. The first-order valence-corrected chi connectivity index (χ1v) is 9.08. The Morgan fingerprint density at radius 1 is 1.24 bits per heavy atom. The minimum atomic E-state index is -0.125. The lowest BCUT2D eigenvalue weighted by Crippen LogP contribution is -2.36. The molecule has 0 aliphatic rings. The van der Waals surface area contributed by atoms with Crippen LogP contribution < -0.4 is 5.32 Å². The van der Waals surface area contributed by atoms with Crippen molar-refractivity contribution in [3.05, 3.63) is 75.2 Å². The number of aromatic nitrogens is 2. The van der Waals surface area contributed by atoms with Gasteiger partial charge in [-0.25, -0.2) is 4.79 Å². The predicted molar refractivity (Wildman–Crippen MR) is 101 cm³/mol. The molecule has 2 amide bonds. The van der Waals surface area contributed by atoms with Gasteiger partial charge in [0.25, 0.3) is 0 Å². The van der Waals surface area contributed by atoms with Crippen molar-refractivity contribution in [3.8, 4) is 0 Å². The topological polar surface area (TPSA) is 50.2 Å². The van der Waals surface area contributed by atoms with E-state index in [4.69, 9.17) is 11.6 Å². The molecular weight excluding hydrogens is 356 g/mol. The predicted octanol–water partition coefficient (Wildman–Crippen LogP) is 3.99. The van der Waals surface area contributed by atoms with Crippen LogP contribution in [0.2, 0.25) is 4.34 Å². The summed E-state index contributed by atoms with van der Waals surface area (Å²) in [6.45, 7) is 1.70. The number of hydrogen-bond acceptors (Lipinski definition) is 3. The second-order valence-electron chi connectivity index (χ2n) is 5.75. The maximum Gasteiger partial charge on any atom is 0.317 e. The number of urea groups is 1. The summed E-state index contributed by atoms with van der Waals surface area (Å²) in [5.41, 5.74) is 2.16. The zero-order chi connectivity index (χ0) is 17.6. The molecule has 1 aromatic carbocycles. The van der Waals surface area contributed by atoms with Crippen LogP contribution in [-0.2, 0) is 19.6 Å². The standard InChI is InChI=1S/C18H19ClN4OS/c1-22(13-16-7-8-17(19)25-16)18(24)20-9-15-10-21-23(12-15)11-14-5-3-2-4-6-14/h2-8,10,12H,9,11,13H2,1H3,(H,20,24). The lowest BCUT2D eigenvalue weighted by atomic mass is 10.2. The molecule has 0 atom stereocenters. The fourth-order valence-corrected chi connectivity index (χ4v) is 3.55. The number of carbonyl (C=O) groups excluding carboxylic acids is 1. The SMILES string of the molecule is CN(Cc1ccc(Cl)s1)C(=O)NCc1cnn(Cc2ccccc2)c1. The summed E-state index contributed by atoms with van der Waals surface area (Å²) in [5.74, 6) is 0. The number of nitrogens with zero attached hydrogens (tertiary/aromatic N) is 3. The maximum atomic E-state index is 12.2. The third-order valence-corrected chi connectivity index (χ3v) is 4.90. The van der Waals surface area contributed by atoms with E-state index in [2.05, 4.69) is 22.5 Å². The molecular formula is C18H19ClN4OS. The van der Waals surface area contributed by atoms with Crippen molar-refractivity contribution in [1.29, 1.82) is 0 Å². The largest absolute Gasteiger partial charge is 0.334 e. The Balaban J connectivity index is 1.49. The summed E-state index contributed by atoms with van der Waals surface area (Å²) < 4.78 is 2.60. The van der Waals surface area contributed by atoms with Gasteiger partial charge in [0.15, 0.2) is 0 Å². The number of amides is 2. The molecule has 0 unspecified atom stereocenters. The molecule has 0 saturated carbocycles. The maximum absolute atomic E-state index is 12.2. The van der Waals surface area contributed by atoms with E-state index in [9.17, 15) is 4.79 Å². The van der Waals surface area contributed by atoms with Gasteiger partial charge in [-0.3, -0.25) is 4.68 Å². The Morgan fingerprint density at radius 2 is 2.04 bits per heavy atom. The monoisotopic (exact) mass is 374 g/mol. The summed E-state index contributed by atoms with van der Waals surface area (Å²) in [4.78, 5) is 14.9. The number of benzene rings is 1. The van der Waals surface area contributed by atoms with Crippen molar-refractivity contribution in [1.82, 2.24) is 20.0 Å². The highest BCUT2D eigenvalue weighted by atomic mass is 35.5. The molecule has 0 bridgehead atoms. The Bertz CT molecular complexity index is 830. The van der Waals surface area contributed by atoms with Crippen LogP contribution in [0.15, 0.2) is 54.9 Å². The fourth-order valence-electron chi connectivity index (χ4n) is 2.41. The first-order valence-electron chi connectivity index (χ1n) is 7.88. The van der Waals surface area contributed by atoms with Crippen molar-refractivity contribution in [3.63, 3.8) is 0 Å². The molecule has 1 N–H and O–H groups in total. The molecule has 3 aromatic rings. The zero-order valence-corrected chi connectivity index (χ0v) is 15.4. The van der Waals surface area contributed by atoms with Gasteiger partial charge in [-0.05, 0) is 17.7 Å². The van der Waals surface area contributed by atoms with Crippen molar-refractivity contribution >= 4 is 29.0 Å². The highest BCUT2D eigenvalue weighted by molar-refractivity contribution is 7.16. The van der Waals surface area contributed by atoms with Crippen molar-refractivity contribution in [2.45, 2.75) is 19.6 Å². The van der Waals surface area contributed by atoms with Gasteiger partial charge in [-0.2, -0.15) is 5.10 Å².